The first-order chi connectivity index (χ1) is 8.02. The average molecular weight is 236 g/mol. The highest BCUT2D eigenvalue weighted by Gasteiger charge is 2.21. The summed E-state index contributed by atoms with van der Waals surface area (Å²) in [5, 5.41) is 9.15. The van der Waals surface area contributed by atoms with E-state index < -0.39 is 5.92 Å². The Hall–Kier alpha value is -1.84. The lowest BCUT2D eigenvalue weighted by Gasteiger charge is -2.13. The quantitative estimate of drug-likeness (QED) is 0.790. The van der Waals surface area contributed by atoms with E-state index in [2.05, 4.69) is 4.74 Å². The van der Waals surface area contributed by atoms with Crippen LogP contribution in [0, 0.1) is 5.92 Å². The maximum atomic E-state index is 11.5. The minimum Gasteiger partial charge on any atom is -0.508 e. The number of benzene rings is 1. The number of carbonyl (C=O) groups excluding carboxylic acids is 2. The van der Waals surface area contributed by atoms with E-state index >= 15 is 0 Å². The summed E-state index contributed by atoms with van der Waals surface area (Å²) >= 11 is 0. The molecule has 0 aliphatic heterocycles. The molecule has 0 saturated carbocycles. The van der Waals surface area contributed by atoms with Crippen LogP contribution in [0.4, 0.5) is 0 Å². The molecule has 0 fully saturated rings. The topological polar surface area (TPSA) is 63.6 Å². The van der Waals surface area contributed by atoms with Gasteiger partial charge in [0.25, 0.3) is 0 Å². The molecule has 1 aromatic carbocycles. The molecule has 0 saturated heterocycles. The summed E-state index contributed by atoms with van der Waals surface area (Å²) < 4.78 is 4.67. The second-order valence-corrected chi connectivity index (χ2v) is 4.00. The molecule has 0 aliphatic carbocycles. The summed E-state index contributed by atoms with van der Waals surface area (Å²) in [7, 11) is 1.31. The second-order valence-electron chi connectivity index (χ2n) is 4.00. The van der Waals surface area contributed by atoms with Gasteiger partial charge >= 0.3 is 5.97 Å². The van der Waals surface area contributed by atoms with E-state index in [1.165, 1.54) is 14.0 Å². The molecule has 17 heavy (non-hydrogen) atoms. The van der Waals surface area contributed by atoms with Gasteiger partial charge in [0, 0.05) is 6.42 Å². The standard InChI is InChI=1S/C13H16O4/c1-9(14)7-11(13(16)17-2)8-10-3-5-12(15)6-4-10/h3-6,11,15H,7-8H2,1-2H3/t11-/m1/s1. The molecule has 0 radical (unpaired) electrons. The van der Waals surface area contributed by atoms with E-state index in [1.54, 1.807) is 24.3 Å². The van der Waals surface area contributed by atoms with E-state index in [-0.39, 0.29) is 23.9 Å². The molecule has 0 unspecified atom stereocenters. The molecule has 0 spiro atoms. The number of hydrogen-bond acceptors (Lipinski definition) is 4. The number of phenolic OH excluding ortho intramolecular Hbond substituents is 1. The predicted molar refractivity (Wildman–Crippen MR) is 62.6 cm³/mol. The zero-order chi connectivity index (χ0) is 12.8. The molecule has 1 rings (SSSR count). The number of Topliss-reactive ketones (excluding diaryl/α,β-unsaturated/α-hetero) is 1. The van der Waals surface area contributed by atoms with Gasteiger partial charge in [-0.3, -0.25) is 4.79 Å². The van der Waals surface area contributed by atoms with Gasteiger partial charge in [0.2, 0.25) is 0 Å². The zero-order valence-corrected chi connectivity index (χ0v) is 9.97. The lowest BCUT2D eigenvalue weighted by atomic mass is 9.94. The van der Waals surface area contributed by atoms with Crippen LogP contribution in [0.3, 0.4) is 0 Å². The Balaban J connectivity index is 2.75. The highest BCUT2D eigenvalue weighted by atomic mass is 16.5. The van der Waals surface area contributed by atoms with Crippen molar-refractivity contribution in [2.75, 3.05) is 7.11 Å². The Labute approximate surface area is 100 Å². The van der Waals surface area contributed by atoms with Gasteiger partial charge in [0.1, 0.15) is 11.5 Å². The summed E-state index contributed by atoms with van der Waals surface area (Å²) in [4.78, 5) is 22.6. The van der Waals surface area contributed by atoms with Crippen LogP contribution in [0.25, 0.3) is 0 Å². The fourth-order valence-corrected chi connectivity index (χ4v) is 1.67. The minimum atomic E-state index is -0.456. The fraction of sp³-hybridized carbons (Fsp3) is 0.385. The van der Waals surface area contributed by atoms with Crippen molar-refractivity contribution in [1.82, 2.24) is 0 Å². The Morgan fingerprint density at radius 1 is 1.29 bits per heavy atom. The minimum absolute atomic E-state index is 0.0424. The monoisotopic (exact) mass is 236 g/mol. The molecule has 4 nitrogen and oxygen atoms in total. The number of rotatable bonds is 5. The predicted octanol–water partition coefficient (Wildman–Crippen LogP) is 1.70. The molecule has 0 aliphatic rings. The van der Waals surface area contributed by atoms with Crippen LogP contribution >= 0.6 is 0 Å². The molecule has 0 bridgehead atoms. The fourth-order valence-electron chi connectivity index (χ4n) is 1.67. The summed E-state index contributed by atoms with van der Waals surface area (Å²) in [5.74, 6) is -0.704. The van der Waals surface area contributed by atoms with Crippen molar-refractivity contribution >= 4 is 11.8 Å². The third kappa shape index (κ3) is 4.26. The summed E-state index contributed by atoms with van der Waals surface area (Å²) in [6.07, 6.45) is 0.611. The summed E-state index contributed by atoms with van der Waals surface area (Å²) in [5.41, 5.74) is 0.888. The van der Waals surface area contributed by atoms with Gasteiger partial charge in [-0.05, 0) is 31.0 Å². The lowest BCUT2D eigenvalue weighted by molar-refractivity contribution is -0.147. The van der Waals surface area contributed by atoms with E-state index in [9.17, 15) is 9.59 Å². The van der Waals surface area contributed by atoms with Crippen LogP contribution in [0.15, 0.2) is 24.3 Å². The van der Waals surface area contributed by atoms with Crippen LogP contribution in [0.1, 0.15) is 18.9 Å². The first-order valence-corrected chi connectivity index (χ1v) is 5.38. The SMILES string of the molecule is COC(=O)[C@H](CC(C)=O)Cc1ccc(O)cc1. The molecule has 1 atom stereocenters. The van der Waals surface area contributed by atoms with Crippen molar-refractivity contribution in [2.24, 2.45) is 5.92 Å². The maximum Gasteiger partial charge on any atom is 0.309 e. The molecule has 4 heteroatoms. The Bertz CT molecular complexity index is 394. The molecule has 0 heterocycles. The van der Waals surface area contributed by atoms with Crippen LogP contribution in [-0.2, 0) is 20.7 Å². The second kappa shape index (κ2) is 6.03. The van der Waals surface area contributed by atoms with E-state index in [0.717, 1.165) is 5.56 Å². The maximum absolute atomic E-state index is 11.5. The average Bonchev–Trinajstić information content (AvgIpc) is 2.29. The smallest absolute Gasteiger partial charge is 0.309 e. The van der Waals surface area contributed by atoms with Crippen molar-refractivity contribution < 1.29 is 19.4 Å². The van der Waals surface area contributed by atoms with Gasteiger partial charge < -0.3 is 14.6 Å². The van der Waals surface area contributed by atoms with Crippen LogP contribution in [0.5, 0.6) is 5.75 Å². The van der Waals surface area contributed by atoms with Gasteiger partial charge in [-0.25, -0.2) is 0 Å². The van der Waals surface area contributed by atoms with Gasteiger partial charge in [0.15, 0.2) is 0 Å². The number of ketones is 1. The van der Waals surface area contributed by atoms with E-state index in [4.69, 9.17) is 5.11 Å². The van der Waals surface area contributed by atoms with Crippen molar-refractivity contribution in [3.05, 3.63) is 29.8 Å². The van der Waals surface area contributed by atoms with Crippen LogP contribution < -0.4 is 0 Å². The van der Waals surface area contributed by atoms with E-state index in [0.29, 0.717) is 6.42 Å². The molecule has 92 valence electrons. The van der Waals surface area contributed by atoms with E-state index in [1.807, 2.05) is 0 Å². The van der Waals surface area contributed by atoms with Crippen LogP contribution in [0.2, 0.25) is 0 Å². The van der Waals surface area contributed by atoms with Gasteiger partial charge in [-0.15, -0.1) is 0 Å². The highest BCUT2D eigenvalue weighted by molar-refractivity contribution is 5.82. The van der Waals surface area contributed by atoms with Crippen molar-refractivity contribution in [2.45, 2.75) is 19.8 Å². The first kappa shape index (κ1) is 13.2. The first-order valence-electron chi connectivity index (χ1n) is 5.38. The van der Waals surface area contributed by atoms with Gasteiger partial charge in [0.05, 0.1) is 13.0 Å². The van der Waals surface area contributed by atoms with Gasteiger partial charge in [-0.1, -0.05) is 12.1 Å². The number of carbonyl (C=O) groups is 2. The summed E-state index contributed by atoms with van der Waals surface area (Å²) in [6.45, 7) is 1.45. The summed E-state index contributed by atoms with van der Waals surface area (Å²) in [6, 6.07) is 6.56. The number of phenols is 1. The molecule has 1 N–H and O–H groups in total. The molecule has 0 amide bonds. The van der Waals surface area contributed by atoms with Crippen molar-refractivity contribution in [3.8, 4) is 5.75 Å². The number of esters is 1. The Morgan fingerprint density at radius 2 is 1.88 bits per heavy atom. The number of hydrogen-bond donors (Lipinski definition) is 1. The zero-order valence-electron chi connectivity index (χ0n) is 9.97. The molecule has 0 aromatic heterocycles. The highest BCUT2D eigenvalue weighted by Crippen LogP contribution is 2.17. The van der Waals surface area contributed by atoms with Gasteiger partial charge in [-0.2, -0.15) is 0 Å². The largest absolute Gasteiger partial charge is 0.508 e. The number of ether oxygens (including phenoxy) is 1. The lowest BCUT2D eigenvalue weighted by Crippen LogP contribution is -2.21. The Morgan fingerprint density at radius 3 is 2.35 bits per heavy atom. The number of methoxy groups -OCH3 is 1. The molecular formula is C13H16O4. The Kier molecular flexibility index (Phi) is 4.69. The van der Waals surface area contributed by atoms with Crippen LogP contribution in [-0.4, -0.2) is 24.0 Å². The third-order valence-electron chi connectivity index (χ3n) is 2.49. The number of aromatic hydroxyl groups is 1. The third-order valence-corrected chi connectivity index (χ3v) is 2.49. The normalized spacial score (nSPS) is 11.9. The molecule has 1 aromatic rings. The van der Waals surface area contributed by atoms with Crippen molar-refractivity contribution in [3.63, 3.8) is 0 Å². The van der Waals surface area contributed by atoms with Crippen molar-refractivity contribution in [1.29, 1.82) is 0 Å². The molecular weight excluding hydrogens is 220 g/mol.